The molecule has 2 aromatic rings. The molecule has 7 rings (SSSR count). The first-order valence-electron chi connectivity index (χ1n) is 16.4. The Bertz CT molecular complexity index is 1230. The highest BCUT2D eigenvalue weighted by atomic mass is 16.7. The minimum atomic E-state index is -0.698. The zero-order chi connectivity index (χ0) is 30.3. The molecule has 1 unspecified atom stereocenters. The Labute approximate surface area is 260 Å². The maximum atomic E-state index is 13.2. The number of piperidine rings is 3. The number of fused-ring (bicyclic) bond motifs is 3. The fourth-order valence-electron chi connectivity index (χ4n) is 7.57. The molecule has 5 atom stereocenters. The van der Waals surface area contributed by atoms with Crippen LogP contribution in [0.2, 0.25) is 0 Å². The Kier molecular flexibility index (Phi) is 10.4. The Hall–Kier alpha value is -3.14. The van der Waals surface area contributed by atoms with E-state index < -0.39 is 12.1 Å². The summed E-state index contributed by atoms with van der Waals surface area (Å²) in [5.41, 5.74) is 1.89. The van der Waals surface area contributed by atoms with Crippen molar-refractivity contribution in [3.8, 4) is 5.75 Å². The number of carbonyl (C=O) groups excluding carboxylic acids is 1. The van der Waals surface area contributed by atoms with E-state index in [1.807, 2.05) is 54.6 Å². The number of carboxylic acid groups (broad SMARTS) is 1. The maximum absolute atomic E-state index is 13.2. The quantitative estimate of drug-likeness (QED) is 0.320. The molecule has 9 nitrogen and oxygen atoms in total. The van der Waals surface area contributed by atoms with E-state index in [-0.39, 0.29) is 36.2 Å². The van der Waals surface area contributed by atoms with Crippen LogP contribution in [-0.2, 0) is 19.0 Å². The first-order chi connectivity index (χ1) is 21.5. The third kappa shape index (κ3) is 7.92. The van der Waals surface area contributed by atoms with Crippen molar-refractivity contribution in [1.82, 2.24) is 10.2 Å². The number of hydrogen-bond acceptors (Lipinski definition) is 7. The highest BCUT2D eigenvalue weighted by molar-refractivity contribution is 5.70. The third-order valence-corrected chi connectivity index (χ3v) is 10.1. The van der Waals surface area contributed by atoms with Gasteiger partial charge in [0.1, 0.15) is 11.9 Å². The Morgan fingerprint density at radius 2 is 1.70 bits per heavy atom. The van der Waals surface area contributed by atoms with Gasteiger partial charge in [0.2, 0.25) is 0 Å². The van der Waals surface area contributed by atoms with Crippen molar-refractivity contribution in [3.05, 3.63) is 65.7 Å². The van der Waals surface area contributed by atoms with Gasteiger partial charge in [0.05, 0.1) is 31.8 Å². The molecule has 4 heterocycles. The van der Waals surface area contributed by atoms with Crippen molar-refractivity contribution in [2.24, 2.45) is 23.7 Å². The number of ether oxygens (including phenoxy) is 4. The van der Waals surface area contributed by atoms with Crippen LogP contribution in [0.5, 0.6) is 5.75 Å². The largest absolute Gasteiger partial charge is 0.493 e. The molecule has 9 heteroatoms. The molecule has 44 heavy (non-hydrogen) atoms. The normalized spacial score (nSPS) is 29.2. The van der Waals surface area contributed by atoms with Gasteiger partial charge in [0.25, 0.3) is 0 Å². The molecule has 2 aromatic carbocycles. The Morgan fingerprint density at radius 1 is 0.932 bits per heavy atom. The van der Waals surface area contributed by atoms with Crippen LogP contribution in [0.25, 0.3) is 0 Å². The number of amides is 1. The molecule has 0 radical (unpaired) electrons. The van der Waals surface area contributed by atoms with E-state index in [2.05, 4.69) is 10.2 Å². The van der Waals surface area contributed by atoms with Crippen molar-refractivity contribution in [1.29, 1.82) is 0 Å². The van der Waals surface area contributed by atoms with Gasteiger partial charge in [0.15, 0.2) is 6.29 Å². The molecular weight excluding hydrogens is 560 g/mol. The molecule has 5 aliphatic rings. The average molecular weight is 607 g/mol. The number of benzene rings is 2. The van der Waals surface area contributed by atoms with Gasteiger partial charge >= 0.3 is 12.1 Å². The molecule has 1 amide bonds. The fraction of sp³-hybridized carbons (Fsp3) is 0.600. The fourth-order valence-corrected chi connectivity index (χ4v) is 7.57. The highest BCUT2D eigenvalue weighted by Crippen LogP contribution is 2.38. The summed E-state index contributed by atoms with van der Waals surface area (Å²) in [7, 11) is 0. The first-order valence-corrected chi connectivity index (χ1v) is 16.4. The van der Waals surface area contributed by atoms with E-state index in [4.69, 9.17) is 18.9 Å². The van der Waals surface area contributed by atoms with E-state index in [1.165, 1.54) is 0 Å². The molecular formula is C35H46N2O7. The lowest BCUT2D eigenvalue weighted by molar-refractivity contribution is -0.144. The molecule has 1 aliphatic carbocycles. The summed E-state index contributed by atoms with van der Waals surface area (Å²) >= 11 is 0. The first kappa shape index (κ1) is 30.9. The Balaban J connectivity index is 1.10. The summed E-state index contributed by atoms with van der Waals surface area (Å²) in [5, 5.41) is 12.8. The summed E-state index contributed by atoms with van der Waals surface area (Å²) in [5.74, 6) is 0.737. The van der Waals surface area contributed by atoms with Crippen LogP contribution in [0.15, 0.2) is 54.6 Å². The van der Waals surface area contributed by atoms with Gasteiger partial charge < -0.3 is 29.4 Å². The van der Waals surface area contributed by atoms with Crippen LogP contribution in [0.3, 0.4) is 0 Å². The molecule has 0 aromatic heterocycles. The highest BCUT2D eigenvalue weighted by Gasteiger charge is 2.37. The number of aliphatic carboxylic acids is 1. The predicted octanol–water partition coefficient (Wildman–Crippen LogP) is 5.64. The number of nitrogens with zero attached hydrogens (tertiary/aromatic N) is 1. The van der Waals surface area contributed by atoms with Gasteiger partial charge in [-0.3, -0.25) is 9.69 Å². The monoisotopic (exact) mass is 606 g/mol. The lowest BCUT2D eigenvalue weighted by atomic mass is 9.72. The summed E-state index contributed by atoms with van der Waals surface area (Å²) in [4.78, 5) is 27.4. The smallest absolute Gasteiger partial charge is 0.408 e. The number of carbonyl (C=O) groups is 2. The minimum absolute atomic E-state index is 0.0639. The second-order valence-corrected chi connectivity index (χ2v) is 12.9. The van der Waals surface area contributed by atoms with Gasteiger partial charge in [0, 0.05) is 6.54 Å². The lowest BCUT2D eigenvalue weighted by Gasteiger charge is -2.43. The van der Waals surface area contributed by atoms with Gasteiger partial charge in [-0.15, -0.1) is 0 Å². The molecule has 1 saturated carbocycles. The number of hydrogen-bond donors (Lipinski definition) is 2. The number of nitrogens with one attached hydrogen (secondary N) is 1. The van der Waals surface area contributed by atoms with Crippen molar-refractivity contribution in [2.45, 2.75) is 69.8 Å². The van der Waals surface area contributed by atoms with Crippen molar-refractivity contribution in [2.75, 3.05) is 39.5 Å². The molecule has 2 N–H and O–H groups in total. The van der Waals surface area contributed by atoms with Crippen LogP contribution < -0.4 is 10.1 Å². The van der Waals surface area contributed by atoms with Crippen LogP contribution in [0, 0.1) is 23.7 Å². The van der Waals surface area contributed by atoms with E-state index >= 15 is 0 Å². The molecule has 0 spiro atoms. The SMILES string of the molecule is O=C(N[C@@H](c1ccccc1)c1cccc(OC[C@@H]2CC[C@@H](C(=O)O)CC2CCCC2OCCO2)c1)O[C@H]1CN2CCC1CC2. The van der Waals surface area contributed by atoms with Crippen LogP contribution in [0.1, 0.15) is 68.5 Å². The number of carboxylic acids is 1. The van der Waals surface area contributed by atoms with Crippen molar-refractivity contribution in [3.63, 3.8) is 0 Å². The van der Waals surface area contributed by atoms with Crippen LogP contribution >= 0.6 is 0 Å². The van der Waals surface area contributed by atoms with E-state index in [9.17, 15) is 14.7 Å². The topological polar surface area (TPSA) is 107 Å². The van der Waals surface area contributed by atoms with E-state index in [0.717, 1.165) is 75.0 Å². The van der Waals surface area contributed by atoms with Crippen molar-refractivity contribution < 1.29 is 33.6 Å². The average Bonchev–Trinajstić information content (AvgIpc) is 3.58. The summed E-state index contributed by atoms with van der Waals surface area (Å²) in [6.07, 6.45) is 6.47. The number of rotatable bonds is 12. The van der Waals surface area contributed by atoms with Gasteiger partial charge in [-0.05, 0) is 105 Å². The molecule has 4 aliphatic heterocycles. The van der Waals surface area contributed by atoms with E-state index in [0.29, 0.717) is 38.6 Å². The van der Waals surface area contributed by atoms with Gasteiger partial charge in [-0.1, -0.05) is 42.5 Å². The van der Waals surface area contributed by atoms with Crippen molar-refractivity contribution >= 4 is 12.1 Å². The van der Waals surface area contributed by atoms with Gasteiger partial charge in [-0.2, -0.15) is 0 Å². The van der Waals surface area contributed by atoms with Crippen LogP contribution in [0.4, 0.5) is 4.79 Å². The maximum Gasteiger partial charge on any atom is 0.408 e. The molecule has 5 fully saturated rings. The van der Waals surface area contributed by atoms with Crippen LogP contribution in [-0.4, -0.2) is 73.9 Å². The second-order valence-electron chi connectivity index (χ2n) is 12.9. The summed E-state index contributed by atoms with van der Waals surface area (Å²) < 4.78 is 23.6. The predicted molar refractivity (Wildman–Crippen MR) is 164 cm³/mol. The zero-order valence-electron chi connectivity index (χ0n) is 25.5. The minimum Gasteiger partial charge on any atom is -0.493 e. The molecule has 238 valence electrons. The Morgan fingerprint density at radius 3 is 2.43 bits per heavy atom. The third-order valence-electron chi connectivity index (χ3n) is 10.1. The summed E-state index contributed by atoms with van der Waals surface area (Å²) in [6, 6.07) is 17.5. The lowest BCUT2D eigenvalue weighted by Crippen LogP contribution is -2.52. The van der Waals surface area contributed by atoms with E-state index in [1.54, 1.807) is 0 Å². The molecule has 2 bridgehead atoms. The number of alkyl carbamates (subject to hydrolysis) is 1. The van der Waals surface area contributed by atoms with Gasteiger partial charge in [-0.25, -0.2) is 4.79 Å². The molecule has 4 saturated heterocycles. The second kappa shape index (κ2) is 14.8. The summed E-state index contributed by atoms with van der Waals surface area (Å²) in [6.45, 7) is 4.82. The standard InChI is InChI=1S/C35H46N2O7/c38-34(39)28-12-13-29(26(20-28)8-5-11-32-41-18-19-42-32)23-43-30-10-4-9-27(21-30)33(25-6-2-1-3-7-25)36-35(40)44-31-22-37-16-14-24(31)15-17-37/h1-4,6-7,9-10,21,24,26,28-29,31-33H,5,8,11-20,22-23H2,(H,36,40)(H,38,39)/t26?,28-,29+,31+,33+/m1/s1. The zero-order valence-corrected chi connectivity index (χ0v) is 25.5.